The maximum absolute atomic E-state index is 12.8. The Balaban J connectivity index is 1.49. The number of piperidine rings is 1. The fraction of sp³-hybridized carbons (Fsp3) is 0.609. The van der Waals surface area contributed by atoms with Gasteiger partial charge in [-0.25, -0.2) is 4.79 Å². The summed E-state index contributed by atoms with van der Waals surface area (Å²) in [6.07, 6.45) is 2.63. The maximum atomic E-state index is 12.8. The van der Waals surface area contributed by atoms with Gasteiger partial charge in [-0.1, -0.05) is 0 Å². The Morgan fingerprint density at radius 1 is 0.933 bits per heavy atom. The van der Waals surface area contributed by atoms with Crippen LogP contribution in [0.1, 0.15) is 60.7 Å². The first-order valence-corrected chi connectivity index (χ1v) is 10.6. The Bertz CT molecular complexity index is 776. The van der Waals surface area contributed by atoms with Crippen molar-refractivity contribution in [3.63, 3.8) is 0 Å². The van der Waals surface area contributed by atoms with E-state index < -0.39 is 11.6 Å². The summed E-state index contributed by atoms with van der Waals surface area (Å²) < 4.78 is 10.2. The third-order valence-electron chi connectivity index (χ3n) is 5.78. The van der Waals surface area contributed by atoms with Gasteiger partial charge in [0.1, 0.15) is 5.60 Å². The smallest absolute Gasteiger partial charge is 0.337 e. The van der Waals surface area contributed by atoms with Crippen LogP contribution in [0.3, 0.4) is 0 Å². The van der Waals surface area contributed by atoms with Gasteiger partial charge in [-0.3, -0.25) is 14.5 Å². The molecule has 0 spiro atoms. The second-order valence-corrected chi connectivity index (χ2v) is 9.11. The van der Waals surface area contributed by atoms with Gasteiger partial charge in [0, 0.05) is 31.2 Å². The van der Waals surface area contributed by atoms with E-state index in [9.17, 15) is 14.4 Å². The van der Waals surface area contributed by atoms with Crippen LogP contribution in [0.4, 0.5) is 0 Å². The molecule has 2 aliphatic rings. The first-order valence-electron chi connectivity index (χ1n) is 10.6. The van der Waals surface area contributed by atoms with Gasteiger partial charge >= 0.3 is 11.9 Å². The topological polar surface area (TPSA) is 76.2 Å². The number of esters is 2. The van der Waals surface area contributed by atoms with Gasteiger partial charge in [-0.15, -0.1) is 0 Å². The van der Waals surface area contributed by atoms with Crippen LogP contribution in [0.25, 0.3) is 0 Å². The van der Waals surface area contributed by atoms with Gasteiger partial charge in [0.25, 0.3) is 5.91 Å². The Labute approximate surface area is 178 Å². The molecule has 7 nitrogen and oxygen atoms in total. The van der Waals surface area contributed by atoms with E-state index in [-0.39, 0.29) is 17.8 Å². The summed E-state index contributed by atoms with van der Waals surface area (Å²) in [4.78, 5) is 40.9. The first-order chi connectivity index (χ1) is 14.2. The predicted octanol–water partition coefficient (Wildman–Crippen LogP) is 2.74. The molecular formula is C23H32N2O5. The second-order valence-electron chi connectivity index (χ2n) is 9.11. The summed E-state index contributed by atoms with van der Waals surface area (Å²) in [7, 11) is 1.33. The molecule has 1 aromatic rings. The van der Waals surface area contributed by atoms with Crippen LogP contribution in [0, 0.1) is 5.92 Å². The lowest BCUT2D eigenvalue weighted by Crippen LogP contribution is -2.46. The summed E-state index contributed by atoms with van der Waals surface area (Å²) in [6, 6.07) is 6.97. The standard InChI is InChI=1S/C23H32N2O5/c1-23(2,3)30-22(28)18-9-12-25(15-18)19-10-13-24(14-11-19)20(26)16-5-7-17(8-6-16)21(27)29-4/h5-8,18-19H,9-15H2,1-4H3. The summed E-state index contributed by atoms with van der Waals surface area (Å²) >= 11 is 0. The zero-order valence-electron chi connectivity index (χ0n) is 18.3. The lowest BCUT2D eigenvalue weighted by molar-refractivity contribution is -0.159. The summed E-state index contributed by atoms with van der Waals surface area (Å²) in [6.45, 7) is 8.71. The Kier molecular flexibility index (Phi) is 6.81. The van der Waals surface area contributed by atoms with Crippen LogP contribution < -0.4 is 0 Å². The number of amides is 1. The average Bonchev–Trinajstić information content (AvgIpc) is 3.22. The molecular weight excluding hydrogens is 384 g/mol. The van der Waals surface area contributed by atoms with E-state index in [2.05, 4.69) is 4.90 Å². The molecule has 30 heavy (non-hydrogen) atoms. The zero-order valence-corrected chi connectivity index (χ0v) is 18.3. The van der Waals surface area contributed by atoms with Gasteiger partial charge in [0.2, 0.25) is 0 Å². The van der Waals surface area contributed by atoms with E-state index in [1.54, 1.807) is 24.3 Å². The summed E-state index contributed by atoms with van der Waals surface area (Å²) in [5, 5.41) is 0. The fourth-order valence-electron chi connectivity index (χ4n) is 4.18. The minimum Gasteiger partial charge on any atom is -0.465 e. The molecule has 1 aromatic carbocycles. The summed E-state index contributed by atoms with van der Waals surface area (Å²) in [5.41, 5.74) is 0.555. The summed E-state index contributed by atoms with van der Waals surface area (Å²) in [5.74, 6) is -0.590. The third kappa shape index (κ3) is 5.39. The van der Waals surface area contributed by atoms with E-state index in [0.717, 1.165) is 32.4 Å². The molecule has 0 N–H and O–H groups in total. The molecule has 7 heteroatoms. The number of ether oxygens (including phenoxy) is 2. The molecule has 0 aliphatic carbocycles. The number of carbonyl (C=O) groups is 3. The Morgan fingerprint density at radius 2 is 1.53 bits per heavy atom. The lowest BCUT2D eigenvalue weighted by Gasteiger charge is -2.36. The van der Waals surface area contributed by atoms with E-state index in [1.165, 1.54) is 7.11 Å². The van der Waals surface area contributed by atoms with E-state index in [4.69, 9.17) is 9.47 Å². The minimum absolute atomic E-state index is 0.0158. The highest BCUT2D eigenvalue weighted by Crippen LogP contribution is 2.27. The molecule has 3 rings (SSSR count). The third-order valence-corrected chi connectivity index (χ3v) is 5.78. The maximum Gasteiger partial charge on any atom is 0.337 e. The number of hydrogen-bond donors (Lipinski definition) is 0. The van der Waals surface area contributed by atoms with Crippen LogP contribution in [-0.4, -0.2) is 72.6 Å². The number of methoxy groups -OCH3 is 1. The van der Waals surface area contributed by atoms with Gasteiger partial charge in [-0.2, -0.15) is 0 Å². The SMILES string of the molecule is COC(=O)c1ccc(C(=O)N2CCC(N3CCC(C(=O)OC(C)(C)C)C3)CC2)cc1. The first kappa shape index (κ1) is 22.3. The van der Waals surface area contributed by atoms with Crippen molar-refractivity contribution < 1.29 is 23.9 Å². The van der Waals surface area contributed by atoms with Crippen molar-refractivity contribution >= 4 is 17.8 Å². The van der Waals surface area contributed by atoms with Crippen molar-refractivity contribution in [3.05, 3.63) is 35.4 Å². The van der Waals surface area contributed by atoms with Crippen LogP contribution in [0.15, 0.2) is 24.3 Å². The average molecular weight is 417 g/mol. The molecule has 2 fully saturated rings. The molecule has 1 atom stereocenters. The lowest BCUT2D eigenvalue weighted by atomic mass is 10.0. The highest BCUT2D eigenvalue weighted by Gasteiger charge is 2.36. The number of likely N-dealkylation sites (tertiary alicyclic amines) is 2. The van der Waals surface area contributed by atoms with E-state index in [0.29, 0.717) is 30.3 Å². The van der Waals surface area contributed by atoms with Crippen LogP contribution in [0.2, 0.25) is 0 Å². The van der Waals surface area contributed by atoms with Crippen molar-refractivity contribution in [1.29, 1.82) is 0 Å². The minimum atomic E-state index is -0.453. The number of hydrogen-bond acceptors (Lipinski definition) is 6. The number of carbonyl (C=O) groups excluding carboxylic acids is 3. The predicted molar refractivity (Wildman–Crippen MR) is 112 cm³/mol. The van der Waals surface area contributed by atoms with Gasteiger partial charge in [-0.05, 0) is 70.8 Å². The normalized spacial score (nSPS) is 20.8. The molecule has 0 saturated carbocycles. The van der Waals surface area contributed by atoms with Crippen LogP contribution >= 0.6 is 0 Å². The highest BCUT2D eigenvalue weighted by molar-refractivity contribution is 5.96. The largest absolute Gasteiger partial charge is 0.465 e. The zero-order chi connectivity index (χ0) is 21.9. The molecule has 1 amide bonds. The molecule has 0 aromatic heterocycles. The van der Waals surface area contributed by atoms with E-state index >= 15 is 0 Å². The quantitative estimate of drug-likeness (QED) is 0.703. The Morgan fingerprint density at radius 3 is 2.10 bits per heavy atom. The molecule has 164 valence electrons. The van der Waals surface area contributed by atoms with Crippen molar-refractivity contribution in [2.75, 3.05) is 33.3 Å². The molecule has 0 bridgehead atoms. The molecule has 2 aliphatic heterocycles. The number of rotatable bonds is 4. The van der Waals surface area contributed by atoms with Crippen LogP contribution in [0.5, 0.6) is 0 Å². The van der Waals surface area contributed by atoms with E-state index in [1.807, 2.05) is 25.7 Å². The van der Waals surface area contributed by atoms with Crippen molar-refractivity contribution in [1.82, 2.24) is 9.80 Å². The highest BCUT2D eigenvalue weighted by atomic mass is 16.6. The second kappa shape index (κ2) is 9.16. The molecule has 2 heterocycles. The van der Waals surface area contributed by atoms with Crippen molar-refractivity contribution in [3.8, 4) is 0 Å². The number of benzene rings is 1. The molecule has 1 unspecified atom stereocenters. The monoisotopic (exact) mass is 416 g/mol. The van der Waals surface area contributed by atoms with Crippen molar-refractivity contribution in [2.45, 2.75) is 51.7 Å². The fourth-order valence-corrected chi connectivity index (χ4v) is 4.18. The molecule has 2 saturated heterocycles. The van der Waals surface area contributed by atoms with Crippen LogP contribution in [-0.2, 0) is 14.3 Å². The Hall–Kier alpha value is -2.41. The number of nitrogens with zero attached hydrogens (tertiary/aromatic N) is 2. The van der Waals surface area contributed by atoms with Gasteiger partial charge < -0.3 is 14.4 Å². The molecule has 0 radical (unpaired) electrons. The van der Waals surface area contributed by atoms with Gasteiger partial charge in [0.05, 0.1) is 18.6 Å². The van der Waals surface area contributed by atoms with Gasteiger partial charge in [0.15, 0.2) is 0 Å². The van der Waals surface area contributed by atoms with Crippen molar-refractivity contribution in [2.24, 2.45) is 5.92 Å².